The van der Waals surface area contributed by atoms with Crippen molar-refractivity contribution < 1.29 is 5.11 Å². The molecule has 0 aromatic rings. The average molecular weight is 381 g/mol. The van der Waals surface area contributed by atoms with E-state index in [4.69, 9.17) is 0 Å². The van der Waals surface area contributed by atoms with Gasteiger partial charge in [0.1, 0.15) is 0 Å². The lowest BCUT2D eigenvalue weighted by atomic mass is 9.68. The van der Waals surface area contributed by atoms with Crippen molar-refractivity contribution in [2.45, 2.75) is 103 Å². The SMILES string of the molecule is OCCC1CCCC(C2CC(CCCS)CCC(C3CCCCC3)C2)C1. The van der Waals surface area contributed by atoms with Crippen molar-refractivity contribution in [2.24, 2.45) is 35.5 Å². The van der Waals surface area contributed by atoms with E-state index in [2.05, 4.69) is 12.6 Å². The molecule has 0 bridgehead atoms. The molecule has 0 heterocycles. The molecule has 152 valence electrons. The summed E-state index contributed by atoms with van der Waals surface area (Å²) in [6, 6.07) is 0. The highest BCUT2D eigenvalue weighted by atomic mass is 32.1. The number of aliphatic hydroxyl groups is 1. The van der Waals surface area contributed by atoms with Crippen molar-refractivity contribution in [3.63, 3.8) is 0 Å². The molecule has 0 aromatic heterocycles. The molecule has 3 aliphatic carbocycles. The standard InChI is InChI=1S/C24H44OS/c25-14-13-20-6-4-10-22(16-20)24-17-19(7-5-15-26)11-12-23(18-24)21-8-2-1-3-9-21/h19-26H,1-18H2. The lowest BCUT2D eigenvalue weighted by Crippen LogP contribution is -2.27. The molecule has 3 aliphatic rings. The summed E-state index contributed by atoms with van der Waals surface area (Å²) in [5.74, 6) is 6.87. The first-order chi connectivity index (χ1) is 12.8. The summed E-state index contributed by atoms with van der Waals surface area (Å²) < 4.78 is 0. The Morgan fingerprint density at radius 1 is 0.615 bits per heavy atom. The highest BCUT2D eigenvalue weighted by molar-refractivity contribution is 7.80. The van der Waals surface area contributed by atoms with Crippen LogP contribution < -0.4 is 0 Å². The molecule has 5 atom stereocenters. The van der Waals surface area contributed by atoms with Crippen molar-refractivity contribution in [1.29, 1.82) is 0 Å². The van der Waals surface area contributed by atoms with Crippen LogP contribution in [-0.4, -0.2) is 17.5 Å². The van der Waals surface area contributed by atoms with E-state index in [1.165, 1.54) is 89.9 Å². The summed E-state index contributed by atoms with van der Waals surface area (Å²) in [6.45, 7) is 0.400. The normalized spacial score (nSPS) is 37.4. The van der Waals surface area contributed by atoms with Crippen LogP contribution in [0.5, 0.6) is 0 Å². The van der Waals surface area contributed by atoms with E-state index < -0.39 is 0 Å². The van der Waals surface area contributed by atoms with E-state index in [0.29, 0.717) is 6.61 Å². The van der Waals surface area contributed by atoms with Gasteiger partial charge in [-0.2, -0.15) is 12.6 Å². The van der Waals surface area contributed by atoms with Crippen LogP contribution in [0.15, 0.2) is 0 Å². The monoisotopic (exact) mass is 380 g/mol. The topological polar surface area (TPSA) is 20.2 Å². The smallest absolute Gasteiger partial charge is 0.0433 e. The van der Waals surface area contributed by atoms with Crippen LogP contribution >= 0.6 is 12.6 Å². The first-order valence-corrected chi connectivity index (χ1v) is 12.6. The van der Waals surface area contributed by atoms with Crippen molar-refractivity contribution in [1.82, 2.24) is 0 Å². The van der Waals surface area contributed by atoms with Gasteiger partial charge >= 0.3 is 0 Å². The summed E-state index contributed by atoms with van der Waals surface area (Å²) in [5.41, 5.74) is 0. The fourth-order valence-corrected chi connectivity index (χ4v) is 7.05. The second kappa shape index (κ2) is 11.3. The Hall–Kier alpha value is 0.310. The molecule has 5 unspecified atom stereocenters. The van der Waals surface area contributed by atoms with E-state index in [0.717, 1.165) is 47.7 Å². The first kappa shape index (κ1) is 21.0. The predicted octanol–water partition coefficient (Wildman–Crippen LogP) is 6.89. The van der Waals surface area contributed by atoms with Gasteiger partial charge in [0.15, 0.2) is 0 Å². The Morgan fingerprint density at radius 3 is 2.08 bits per heavy atom. The van der Waals surface area contributed by atoms with Gasteiger partial charge in [-0.3, -0.25) is 0 Å². The molecule has 0 aliphatic heterocycles. The third-order valence-electron chi connectivity index (χ3n) is 8.30. The van der Waals surface area contributed by atoms with Crippen molar-refractivity contribution in [3.8, 4) is 0 Å². The molecule has 0 aromatic carbocycles. The lowest BCUT2D eigenvalue weighted by Gasteiger charge is -2.38. The van der Waals surface area contributed by atoms with Gasteiger partial charge in [-0.1, -0.05) is 57.8 Å². The molecule has 3 rings (SSSR count). The summed E-state index contributed by atoms with van der Waals surface area (Å²) in [5, 5.41) is 9.40. The molecule has 0 spiro atoms. The van der Waals surface area contributed by atoms with Crippen LogP contribution in [0.2, 0.25) is 0 Å². The largest absolute Gasteiger partial charge is 0.396 e. The van der Waals surface area contributed by atoms with Gasteiger partial charge in [-0.15, -0.1) is 0 Å². The number of hydrogen-bond acceptors (Lipinski definition) is 2. The van der Waals surface area contributed by atoms with Gasteiger partial charge in [0.05, 0.1) is 0 Å². The molecule has 26 heavy (non-hydrogen) atoms. The van der Waals surface area contributed by atoms with Crippen molar-refractivity contribution in [2.75, 3.05) is 12.4 Å². The highest BCUT2D eigenvalue weighted by Gasteiger charge is 2.36. The van der Waals surface area contributed by atoms with Crippen molar-refractivity contribution >= 4 is 12.6 Å². The van der Waals surface area contributed by atoms with E-state index in [9.17, 15) is 5.11 Å². The number of hydrogen-bond donors (Lipinski definition) is 2. The van der Waals surface area contributed by atoms with Gasteiger partial charge < -0.3 is 5.11 Å². The van der Waals surface area contributed by atoms with Crippen LogP contribution in [0.4, 0.5) is 0 Å². The molecule has 2 heteroatoms. The molecular formula is C24H44OS. The molecule has 0 saturated heterocycles. The zero-order valence-electron chi connectivity index (χ0n) is 17.1. The minimum absolute atomic E-state index is 0.400. The Labute approximate surface area is 168 Å². The Morgan fingerprint density at radius 2 is 1.31 bits per heavy atom. The average Bonchev–Trinajstić information content (AvgIpc) is 2.90. The summed E-state index contributed by atoms with van der Waals surface area (Å²) in [4.78, 5) is 0. The molecule has 1 nitrogen and oxygen atoms in total. The van der Waals surface area contributed by atoms with Crippen LogP contribution in [0.1, 0.15) is 103 Å². The molecule has 0 radical (unpaired) electrons. The van der Waals surface area contributed by atoms with Gasteiger partial charge in [-0.05, 0) is 86.2 Å². The third kappa shape index (κ3) is 6.16. The Balaban J connectivity index is 1.64. The van der Waals surface area contributed by atoms with Crippen LogP contribution in [-0.2, 0) is 0 Å². The van der Waals surface area contributed by atoms with Crippen LogP contribution in [0.3, 0.4) is 0 Å². The minimum atomic E-state index is 0.400. The number of aliphatic hydroxyl groups excluding tert-OH is 1. The highest BCUT2D eigenvalue weighted by Crippen LogP contribution is 2.47. The van der Waals surface area contributed by atoms with Crippen LogP contribution in [0.25, 0.3) is 0 Å². The lowest BCUT2D eigenvalue weighted by molar-refractivity contribution is 0.124. The maximum absolute atomic E-state index is 9.40. The van der Waals surface area contributed by atoms with Crippen LogP contribution in [0, 0.1) is 35.5 Å². The first-order valence-electron chi connectivity index (χ1n) is 12.0. The van der Waals surface area contributed by atoms with Gasteiger partial charge in [0.2, 0.25) is 0 Å². The Kier molecular flexibility index (Phi) is 9.18. The summed E-state index contributed by atoms with van der Waals surface area (Å²) >= 11 is 4.48. The van der Waals surface area contributed by atoms with Gasteiger partial charge in [-0.25, -0.2) is 0 Å². The number of thiol groups is 1. The van der Waals surface area contributed by atoms with E-state index in [-0.39, 0.29) is 0 Å². The number of rotatable bonds is 7. The quantitative estimate of drug-likeness (QED) is 0.364. The summed E-state index contributed by atoms with van der Waals surface area (Å²) in [6.07, 6.45) is 23.1. The summed E-state index contributed by atoms with van der Waals surface area (Å²) in [7, 11) is 0. The molecule has 3 saturated carbocycles. The third-order valence-corrected chi connectivity index (χ3v) is 8.62. The predicted molar refractivity (Wildman–Crippen MR) is 116 cm³/mol. The maximum Gasteiger partial charge on any atom is 0.0433 e. The molecule has 3 fully saturated rings. The molecule has 1 N–H and O–H groups in total. The van der Waals surface area contributed by atoms with E-state index in [1.807, 2.05) is 0 Å². The van der Waals surface area contributed by atoms with E-state index in [1.54, 1.807) is 6.42 Å². The molecule has 0 amide bonds. The van der Waals surface area contributed by atoms with E-state index >= 15 is 0 Å². The maximum atomic E-state index is 9.40. The fourth-order valence-electron chi connectivity index (χ4n) is 6.86. The Bertz CT molecular complexity index is 376. The molecular weight excluding hydrogens is 336 g/mol. The second-order valence-corrected chi connectivity index (χ2v) is 10.5. The fraction of sp³-hybridized carbons (Fsp3) is 1.00. The van der Waals surface area contributed by atoms with Gasteiger partial charge in [0.25, 0.3) is 0 Å². The minimum Gasteiger partial charge on any atom is -0.396 e. The van der Waals surface area contributed by atoms with Gasteiger partial charge in [0, 0.05) is 6.61 Å². The van der Waals surface area contributed by atoms with Crippen molar-refractivity contribution in [3.05, 3.63) is 0 Å². The zero-order valence-corrected chi connectivity index (χ0v) is 18.0. The zero-order chi connectivity index (χ0) is 18.2. The second-order valence-electron chi connectivity index (χ2n) is 10.0.